The predicted octanol–water partition coefficient (Wildman–Crippen LogP) is 3.89. The first kappa shape index (κ1) is 18.3. The number of nitrogens with one attached hydrogen (secondary N) is 1. The Bertz CT molecular complexity index is 671. The van der Waals surface area contributed by atoms with Crippen LogP contribution in [0.15, 0.2) is 46.9 Å². The summed E-state index contributed by atoms with van der Waals surface area (Å²) < 4.78 is 11.9. The summed E-state index contributed by atoms with van der Waals surface area (Å²) in [6, 6.07) is 13.7. The number of ether oxygens (including phenoxy) is 2. The molecule has 5 heteroatoms. The maximum Gasteiger partial charge on any atom is 0.258 e. The van der Waals surface area contributed by atoms with Gasteiger partial charge in [-0.2, -0.15) is 0 Å². The van der Waals surface area contributed by atoms with Crippen LogP contribution >= 0.6 is 15.9 Å². The van der Waals surface area contributed by atoms with Gasteiger partial charge < -0.3 is 14.8 Å². The molecule has 0 bridgehead atoms. The average Bonchev–Trinajstić information content (AvgIpc) is 2.59. The second kappa shape index (κ2) is 9.33. The van der Waals surface area contributed by atoms with Gasteiger partial charge in [0.1, 0.15) is 18.1 Å². The van der Waals surface area contributed by atoms with E-state index in [0.29, 0.717) is 18.9 Å². The zero-order chi connectivity index (χ0) is 17.4. The van der Waals surface area contributed by atoms with Crippen molar-refractivity contribution in [2.24, 2.45) is 0 Å². The molecule has 2 aromatic rings. The minimum atomic E-state index is -0.172. The second-order valence-corrected chi connectivity index (χ2v) is 6.27. The first-order valence-electron chi connectivity index (χ1n) is 7.96. The van der Waals surface area contributed by atoms with Crippen molar-refractivity contribution in [3.8, 4) is 11.5 Å². The number of carbonyl (C=O) groups excluding carboxylic acids is 1. The Kier molecular flexibility index (Phi) is 7.12. The zero-order valence-corrected chi connectivity index (χ0v) is 15.6. The maximum absolute atomic E-state index is 11.8. The van der Waals surface area contributed by atoms with E-state index in [9.17, 15) is 4.79 Å². The van der Waals surface area contributed by atoms with Gasteiger partial charge in [-0.3, -0.25) is 4.79 Å². The Morgan fingerprint density at radius 2 is 1.88 bits per heavy atom. The lowest BCUT2D eigenvalue weighted by molar-refractivity contribution is -0.123. The Labute approximate surface area is 151 Å². The summed E-state index contributed by atoms with van der Waals surface area (Å²) in [5.41, 5.74) is 2.40. The molecule has 0 unspecified atom stereocenters. The molecular formula is C19H22BrNO3. The van der Waals surface area contributed by atoms with E-state index in [1.807, 2.05) is 49.4 Å². The topological polar surface area (TPSA) is 47.6 Å². The van der Waals surface area contributed by atoms with E-state index in [-0.39, 0.29) is 12.5 Å². The van der Waals surface area contributed by atoms with Crippen molar-refractivity contribution in [1.29, 1.82) is 0 Å². The average molecular weight is 392 g/mol. The van der Waals surface area contributed by atoms with Crippen molar-refractivity contribution in [3.63, 3.8) is 0 Å². The van der Waals surface area contributed by atoms with Crippen LogP contribution in [0.25, 0.3) is 0 Å². The zero-order valence-electron chi connectivity index (χ0n) is 14.0. The normalized spacial score (nSPS) is 10.3. The van der Waals surface area contributed by atoms with Crippen LogP contribution in [0.1, 0.15) is 18.1 Å². The fraction of sp³-hybridized carbons (Fsp3) is 0.316. The molecule has 2 rings (SSSR count). The van der Waals surface area contributed by atoms with Crippen molar-refractivity contribution >= 4 is 21.8 Å². The summed E-state index contributed by atoms with van der Waals surface area (Å²) in [4.78, 5) is 11.8. The van der Waals surface area contributed by atoms with E-state index >= 15 is 0 Å². The van der Waals surface area contributed by atoms with Gasteiger partial charge in [0, 0.05) is 0 Å². The van der Waals surface area contributed by atoms with Gasteiger partial charge in [0.15, 0.2) is 6.61 Å². The van der Waals surface area contributed by atoms with Gasteiger partial charge in [-0.15, -0.1) is 0 Å². The van der Waals surface area contributed by atoms with Crippen molar-refractivity contribution in [1.82, 2.24) is 5.32 Å². The summed E-state index contributed by atoms with van der Waals surface area (Å²) in [5.74, 6) is 1.29. The first-order valence-corrected chi connectivity index (χ1v) is 8.75. The molecule has 0 aliphatic heterocycles. The van der Waals surface area contributed by atoms with Crippen molar-refractivity contribution < 1.29 is 14.3 Å². The van der Waals surface area contributed by atoms with E-state index in [1.54, 1.807) is 0 Å². The molecule has 0 aliphatic carbocycles. The highest BCUT2D eigenvalue weighted by Gasteiger charge is 2.06. The third-order valence-electron chi connectivity index (χ3n) is 3.48. The van der Waals surface area contributed by atoms with Crippen LogP contribution in [0.5, 0.6) is 11.5 Å². The number of aryl methyl sites for hydroxylation is 2. The number of halogens is 1. The molecule has 1 N–H and O–H groups in total. The molecule has 0 saturated carbocycles. The van der Waals surface area contributed by atoms with Gasteiger partial charge in [0.25, 0.3) is 5.91 Å². The van der Waals surface area contributed by atoms with E-state index in [1.165, 1.54) is 11.1 Å². The lowest BCUT2D eigenvalue weighted by Crippen LogP contribution is -2.32. The van der Waals surface area contributed by atoms with Gasteiger partial charge in [-0.1, -0.05) is 30.7 Å². The van der Waals surface area contributed by atoms with Crippen molar-refractivity contribution in [2.75, 3.05) is 19.8 Å². The fourth-order valence-corrected chi connectivity index (χ4v) is 2.61. The molecule has 0 spiro atoms. The minimum absolute atomic E-state index is 0.0192. The van der Waals surface area contributed by atoms with Gasteiger partial charge in [-0.05, 0) is 59.1 Å². The molecule has 2 aromatic carbocycles. The summed E-state index contributed by atoms with van der Waals surface area (Å²) in [5, 5.41) is 2.77. The Hall–Kier alpha value is -2.01. The molecule has 0 atom stereocenters. The molecule has 0 radical (unpaired) electrons. The Balaban J connectivity index is 1.67. The molecule has 128 valence electrons. The third kappa shape index (κ3) is 5.89. The van der Waals surface area contributed by atoms with E-state index in [0.717, 1.165) is 16.6 Å². The summed E-state index contributed by atoms with van der Waals surface area (Å²) in [6.45, 7) is 4.96. The molecule has 1 amide bonds. The maximum atomic E-state index is 11.8. The summed E-state index contributed by atoms with van der Waals surface area (Å²) in [7, 11) is 0. The van der Waals surface area contributed by atoms with Crippen molar-refractivity contribution in [2.45, 2.75) is 20.3 Å². The molecule has 0 aromatic heterocycles. The van der Waals surface area contributed by atoms with Crippen LogP contribution in [-0.4, -0.2) is 25.7 Å². The standard InChI is InChI=1S/C19H22BrNO3/c1-3-15-6-9-18(17(20)12-15)24-13-19(22)21-10-11-23-16-7-4-14(2)5-8-16/h4-9,12H,3,10-11,13H2,1-2H3,(H,21,22). The number of hydrogen-bond acceptors (Lipinski definition) is 3. The molecule has 0 fully saturated rings. The Morgan fingerprint density at radius 1 is 1.12 bits per heavy atom. The number of hydrogen-bond donors (Lipinski definition) is 1. The lowest BCUT2D eigenvalue weighted by atomic mass is 10.2. The highest BCUT2D eigenvalue weighted by Crippen LogP contribution is 2.26. The minimum Gasteiger partial charge on any atom is -0.492 e. The van der Waals surface area contributed by atoms with E-state index in [4.69, 9.17) is 9.47 Å². The van der Waals surface area contributed by atoms with E-state index < -0.39 is 0 Å². The molecule has 24 heavy (non-hydrogen) atoms. The van der Waals surface area contributed by atoms with Gasteiger partial charge in [-0.25, -0.2) is 0 Å². The second-order valence-electron chi connectivity index (χ2n) is 5.42. The highest BCUT2D eigenvalue weighted by atomic mass is 79.9. The number of carbonyl (C=O) groups is 1. The van der Waals surface area contributed by atoms with Crippen LogP contribution < -0.4 is 14.8 Å². The monoisotopic (exact) mass is 391 g/mol. The first-order chi connectivity index (χ1) is 11.6. The Morgan fingerprint density at radius 3 is 2.54 bits per heavy atom. The molecule has 0 heterocycles. The highest BCUT2D eigenvalue weighted by molar-refractivity contribution is 9.10. The summed E-state index contributed by atoms with van der Waals surface area (Å²) >= 11 is 3.46. The SMILES string of the molecule is CCc1ccc(OCC(=O)NCCOc2ccc(C)cc2)c(Br)c1. The summed E-state index contributed by atoms with van der Waals surface area (Å²) in [6.07, 6.45) is 0.959. The smallest absolute Gasteiger partial charge is 0.258 e. The quantitative estimate of drug-likeness (QED) is 0.694. The number of benzene rings is 2. The predicted molar refractivity (Wildman–Crippen MR) is 98.7 cm³/mol. The molecule has 0 saturated heterocycles. The van der Waals surface area contributed by atoms with Crippen LogP contribution in [0, 0.1) is 6.92 Å². The molecule has 4 nitrogen and oxygen atoms in total. The van der Waals surface area contributed by atoms with E-state index in [2.05, 4.69) is 28.2 Å². The molecule has 0 aliphatic rings. The largest absolute Gasteiger partial charge is 0.492 e. The van der Waals surface area contributed by atoms with Crippen LogP contribution in [-0.2, 0) is 11.2 Å². The van der Waals surface area contributed by atoms with Crippen LogP contribution in [0.3, 0.4) is 0 Å². The van der Waals surface area contributed by atoms with Crippen LogP contribution in [0.2, 0.25) is 0 Å². The van der Waals surface area contributed by atoms with Gasteiger partial charge in [0.05, 0.1) is 11.0 Å². The van der Waals surface area contributed by atoms with Crippen LogP contribution in [0.4, 0.5) is 0 Å². The van der Waals surface area contributed by atoms with Gasteiger partial charge >= 0.3 is 0 Å². The number of amides is 1. The molecular weight excluding hydrogens is 370 g/mol. The van der Waals surface area contributed by atoms with Gasteiger partial charge in [0.2, 0.25) is 0 Å². The fourth-order valence-electron chi connectivity index (χ4n) is 2.07. The van der Waals surface area contributed by atoms with Crippen molar-refractivity contribution in [3.05, 3.63) is 58.1 Å². The lowest BCUT2D eigenvalue weighted by Gasteiger charge is -2.10. The number of rotatable bonds is 8. The third-order valence-corrected chi connectivity index (χ3v) is 4.10.